The lowest BCUT2D eigenvalue weighted by Crippen LogP contribution is -2.52. The average molecular weight is 368 g/mol. The molecule has 0 saturated carbocycles. The Balaban J connectivity index is 1.40. The molecule has 1 N–H and O–H groups in total. The summed E-state index contributed by atoms with van der Waals surface area (Å²) in [6.45, 7) is 6.79. The second-order valence-electron chi connectivity index (χ2n) is 6.66. The lowest BCUT2D eigenvalue weighted by atomic mass is 10.1. The van der Waals surface area contributed by atoms with Gasteiger partial charge in [-0.1, -0.05) is 31.2 Å². The maximum absolute atomic E-state index is 12.6. The topological polar surface area (TPSA) is 57.7 Å². The highest BCUT2D eigenvalue weighted by Gasteiger charge is 2.23. The Morgan fingerprint density at radius 1 is 1.11 bits per heavy atom. The maximum atomic E-state index is 12.6. The van der Waals surface area contributed by atoms with Crippen LogP contribution in [0.25, 0.3) is 0 Å². The second-order valence-corrected chi connectivity index (χ2v) is 6.66. The predicted molar refractivity (Wildman–Crippen MR) is 106 cm³/mol. The molecule has 1 aliphatic heterocycles. The molecule has 1 aliphatic rings. The highest BCUT2D eigenvalue weighted by molar-refractivity contribution is 5.74. The normalized spacial score (nSPS) is 16.0. The van der Waals surface area contributed by atoms with E-state index in [9.17, 15) is 4.79 Å². The first-order valence-corrected chi connectivity index (χ1v) is 9.63. The van der Waals surface area contributed by atoms with Gasteiger partial charge in [0.2, 0.25) is 0 Å². The Kier molecular flexibility index (Phi) is 7.04. The molecular formula is C21H28N4O2. The van der Waals surface area contributed by atoms with E-state index in [1.807, 2.05) is 53.4 Å². The maximum Gasteiger partial charge on any atom is 0.318 e. The molecule has 0 unspecified atom stereocenters. The summed E-state index contributed by atoms with van der Waals surface area (Å²) >= 11 is 0. The van der Waals surface area contributed by atoms with Gasteiger partial charge in [0.05, 0.1) is 11.7 Å². The number of ether oxygens (including phenoxy) is 1. The van der Waals surface area contributed by atoms with E-state index in [1.165, 1.54) is 0 Å². The molecule has 1 saturated heterocycles. The highest BCUT2D eigenvalue weighted by atomic mass is 16.5. The number of rotatable bonds is 7. The summed E-state index contributed by atoms with van der Waals surface area (Å²) in [7, 11) is 0. The fourth-order valence-corrected chi connectivity index (χ4v) is 3.19. The molecule has 1 aromatic carbocycles. The summed E-state index contributed by atoms with van der Waals surface area (Å²) in [5.41, 5.74) is 0.907. The van der Waals surface area contributed by atoms with Gasteiger partial charge in [-0.3, -0.25) is 9.88 Å². The Labute approximate surface area is 161 Å². The van der Waals surface area contributed by atoms with Crippen LogP contribution < -0.4 is 10.1 Å². The largest absolute Gasteiger partial charge is 0.492 e. The van der Waals surface area contributed by atoms with Crippen molar-refractivity contribution in [3.8, 4) is 5.75 Å². The lowest BCUT2D eigenvalue weighted by molar-refractivity contribution is 0.124. The standard InChI is InChI=1S/C21H28N4O2/c1-2-19(20-10-6-7-11-22-20)23-21(26)25-14-12-24(13-15-25)16-17-27-18-8-4-3-5-9-18/h3-11,19H,2,12-17H2,1H3,(H,23,26)/t19-/m0/s1. The van der Waals surface area contributed by atoms with E-state index in [1.54, 1.807) is 6.20 Å². The summed E-state index contributed by atoms with van der Waals surface area (Å²) in [6.07, 6.45) is 2.58. The molecule has 0 spiro atoms. The molecule has 0 bridgehead atoms. The van der Waals surface area contributed by atoms with Crippen LogP contribution in [-0.4, -0.2) is 60.1 Å². The van der Waals surface area contributed by atoms with E-state index in [0.29, 0.717) is 6.61 Å². The van der Waals surface area contributed by atoms with Gasteiger partial charge in [0, 0.05) is 38.9 Å². The van der Waals surface area contributed by atoms with Crippen LogP contribution in [0, 0.1) is 0 Å². The summed E-state index contributed by atoms with van der Waals surface area (Å²) < 4.78 is 5.76. The van der Waals surface area contributed by atoms with Crippen LogP contribution in [0.1, 0.15) is 25.1 Å². The minimum absolute atomic E-state index is 0.00677. The molecule has 1 fully saturated rings. The quantitative estimate of drug-likeness (QED) is 0.816. The Morgan fingerprint density at radius 2 is 1.85 bits per heavy atom. The number of urea groups is 1. The smallest absolute Gasteiger partial charge is 0.318 e. The SMILES string of the molecule is CC[C@H](NC(=O)N1CCN(CCOc2ccccc2)CC1)c1ccccn1. The van der Waals surface area contributed by atoms with Gasteiger partial charge in [-0.05, 0) is 30.7 Å². The van der Waals surface area contributed by atoms with Gasteiger partial charge in [0.15, 0.2) is 0 Å². The molecule has 2 amide bonds. The van der Waals surface area contributed by atoms with E-state index >= 15 is 0 Å². The van der Waals surface area contributed by atoms with Crippen molar-refractivity contribution in [1.29, 1.82) is 0 Å². The van der Waals surface area contributed by atoms with Crippen molar-refractivity contribution in [3.05, 3.63) is 60.4 Å². The monoisotopic (exact) mass is 368 g/mol. The minimum Gasteiger partial charge on any atom is -0.492 e. The number of para-hydroxylation sites is 1. The molecular weight excluding hydrogens is 340 g/mol. The summed E-state index contributed by atoms with van der Waals surface area (Å²) in [5, 5.41) is 3.11. The average Bonchev–Trinajstić information content (AvgIpc) is 2.74. The molecule has 2 aromatic rings. The van der Waals surface area contributed by atoms with Gasteiger partial charge >= 0.3 is 6.03 Å². The number of nitrogens with one attached hydrogen (secondary N) is 1. The number of hydrogen-bond donors (Lipinski definition) is 1. The fourth-order valence-electron chi connectivity index (χ4n) is 3.19. The number of piperazine rings is 1. The first kappa shape index (κ1) is 19.2. The van der Waals surface area contributed by atoms with Crippen LogP contribution in [0.3, 0.4) is 0 Å². The van der Waals surface area contributed by atoms with Gasteiger partial charge in [0.25, 0.3) is 0 Å². The zero-order valence-corrected chi connectivity index (χ0v) is 15.9. The van der Waals surface area contributed by atoms with Crippen molar-refractivity contribution in [2.45, 2.75) is 19.4 Å². The van der Waals surface area contributed by atoms with Gasteiger partial charge in [0.1, 0.15) is 12.4 Å². The fraction of sp³-hybridized carbons (Fsp3) is 0.429. The van der Waals surface area contributed by atoms with Crippen LogP contribution >= 0.6 is 0 Å². The van der Waals surface area contributed by atoms with Gasteiger partial charge < -0.3 is 15.0 Å². The number of aromatic nitrogens is 1. The van der Waals surface area contributed by atoms with Crippen LogP contribution in [0.15, 0.2) is 54.7 Å². The molecule has 2 heterocycles. The minimum atomic E-state index is -0.0454. The summed E-state index contributed by atoms with van der Waals surface area (Å²) in [4.78, 5) is 21.2. The van der Waals surface area contributed by atoms with Crippen molar-refractivity contribution in [3.63, 3.8) is 0 Å². The summed E-state index contributed by atoms with van der Waals surface area (Å²) in [6, 6.07) is 15.6. The van der Waals surface area contributed by atoms with E-state index in [2.05, 4.69) is 22.1 Å². The van der Waals surface area contributed by atoms with Crippen molar-refractivity contribution in [2.75, 3.05) is 39.3 Å². The van der Waals surface area contributed by atoms with E-state index in [-0.39, 0.29) is 12.1 Å². The van der Waals surface area contributed by atoms with Crippen LogP contribution in [0.5, 0.6) is 5.75 Å². The predicted octanol–water partition coefficient (Wildman–Crippen LogP) is 2.94. The van der Waals surface area contributed by atoms with Crippen molar-refractivity contribution >= 4 is 6.03 Å². The Hall–Kier alpha value is -2.60. The molecule has 6 heteroatoms. The molecule has 0 radical (unpaired) electrons. The highest BCUT2D eigenvalue weighted by Crippen LogP contribution is 2.14. The van der Waals surface area contributed by atoms with Crippen LogP contribution in [0.2, 0.25) is 0 Å². The number of pyridine rings is 1. The number of nitrogens with zero attached hydrogens (tertiary/aromatic N) is 3. The molecule has 27 heavy (non-hydrogen) atoms. The third-order valence-electron chi connectivity index (χ3n) is 4.83. The van der Waals surface area contributed by atoms with Crippen LogP contribution in [-0.2, 0) is 0 Å². The van der Waals surface area contributed by atoms with Gasteiger partial charge in [-0.15, -0.1) is 0 Å². The number of hydrogen-bond acceptors (Lipinski definition) is 4. The van der Waals surface area contributed by atoms with Gasteiger partial charge in [-0.25, -0.2) is 4.79 Å². The number of carbonyl (C=O) groups excluding carboxylic acids is 1. The second kappa shape index (κ2) is 9.92. The van der Waals surface area contributed by atoms with Crippen molar-refractivity contribution in [2.24, 2.45) is 0 Å². The Morgan fingerprint density at radius 3 is 2.52 bits per heavy atom. The zero-order valence-electron chi connectivity index (χ0n) is 15.9. The molecule has 3 rings (SSSR count). The molecule has 0 aliphatic carbocycles. The number of amides is 2. The molecule has 1 aromatic heterocycles. The number of carbonyl (C=O) groups is 1. The van der Waals surface area contributed by atoms with Crippen LogP contribution in [0.4, 0.5) is 4.79 Å². The lowest BCUT2D eigenvalue weighted by Gasteiger charge is -2.35. The van der Waals surface area contributed by atoms with Crippen molar-refractivity contribution < 1.29 is 9.53 Å². The van der Waals surface area contributed by atoms with Crippen molar-refractivity contribution in [1.82, 2.24) is 20.1 Å². The molecule has 144 valence electrons. The van der Waals surface area contributed by atoms with E-state index in [4.69, 9.17) is 4.74 Å². The zero-order chi connectivity index (χ0) is 18.9. The molecule has 1 atom stereocenters. The van der Waals surface area contributed by atoms with E-state index < -0.39 is 0 Å². The van der Waals surface area contributed by atoms with E-state index in [0.717, 1.165) is 50.6 Å². The molecule has 6 nitrogen and oxygen atoms in total. The third-order valence-corrected chi connectivity index (χ3v) is 4.83. The first-order chi connectivity index (χ1) is 13.3. The third kappa shape index (κ3) is 5.69. The van der Waals surface area contributed by atoms with Gasteiger partial charge in [-0.2, -0.15) is 0 Å². The summed E-state index contributed by atoms with van der Waals surface area (Å²) in [5.74, 6) is 0.899. The number of benzene rings is 1. The Bertz CT molecular complexity index is 688. The first-order valence-electron chi connectivity index (χ1n) is 9.63.